The van der Waals surface area contributed by atoms with Crippen LogP contribution in [0.15, 0.2) is 83.9 Å². The molecule has 3 aromatic rings. The molecule has 1 heterocycles. The van der Waals surface area contributed by atoms with E-state index < -0.39 is 12.1 Å². The molecule has 3 amide bonds. The smallest absolute Gasteiger partial charge is 0.272 e. The number of nitrogens with two attached hydrogens (primary N) is 1. The van der Waals surface area contributed by atoms with Crippen LogP contribution in [0.25, 0.3) is 0 Å². The van der Waals surface area contributed by atoms with Gasteiger partial charge in [-0.3, -0.25) is 14.4 Å². The zero-order chi connectivity index (χ0) is 23.4. The molecular formula is C26H24N4O3. The lowest BCUT2D eigenvalue weighted by atomic mass is 9.99. The highest BCUT2D eigenvalue weighted by Gasteiger charge is 2.30. The third-order valence-electron chi connectivity index (χ3n) is 5.57. The SMILES string of the molecule is CN1C(=O)C(NC(=O)CCc2ccccc2)N=C(c2ccc(C(N)=O)cc2)c2ccccc21. The van der Waals surface area contributed by atoms with Crippen molar-refractivity contribution in [1.82, 2.24) is 5.32 Å². The Labute approximate surface area is 191 Å². The van der Waals surface area contributed by atoms with Gasteiger partial charge in [0.05, 0.1) is 11.4 Å². The summed E-state index contributed by atoms with van der Waals surface area (Å²) < 4.78 is 0. The van der Waals surface area contributed by atoms with Gasteiger partial charge in [-0.1, -0.05) is 60.7 Å². The van der Waals surface area contributed by atoms with Gasteiger partial charge >= 0.3 is 0 Å². The number of rotatable bonds is 6. The molecule has 0 fully saturated rings. The summed E-state index contributed by atoms with van der Waals surface area (Å²) in [5.41, 5.74) is 9.47. The number of likely N-dealkylation sites (N-methyl/N-ethyl adjacent to an activating group) is 1. The van der Waals surface area contributed by atoms with Crippen LogP contribution in [-0.4, -0.2) is 36.6 Å². The second kappa shape index (κ2) is 9.48. The van der Waals surface area contributed by atoms with E-state index >= 15 is 0 Å². The fourth-order valence-corrected chi connectivity index (χ4v) is 3.77. The van der Waals surface area contributed by atoms with Crippen LogP contribution < -0.4 is 16.0 Å². The lowest BCUT2D eigenvalue weighted by molar-refractivity contribution is -0.127. The van der Waals surface area contributed by atoms with Crippen LogP contribution in [-0.2, 0) is 16.0 Å². The van der Waals surface area contributed by atoms with Crippen molar-refractivity contribution in [2.24, 2.45) is 10.7 Å². The summed E-state index contributed by atoms with van der Waals surface area (Å²) in [7, 11) is 1.67. The fraction of sp³-hybridized carbons (Fsp3) is 0.154. The van der Waals surface area contributed by atoms with Gasteiger partial charge in [-0.2, -0.15) is 0 Å². The number of hydrogen-bond acceptors (Lipinski definition) is 4. The molecule has 0 spiro atoms. The van der Waals surface area contributed by atoms with Crippen LogP contribution in [0.3, 0.4) is 0 Å². The first kappa shape index (κ1) is 22.0. The van der Waals surface area contributed by atoms with Crippen LogP contribution in [0.1, 0.15) is 33.5 Å². The number of nitrogens with zero attached hydrogens (tertiary/aromatic N) is 2. The molecule has 1 atom stereocenters. The Morgan fingerprint density at radius 1 is 0.970 bits per heavy atom. The average molecular weight is 441 g/mol. The highest BCUT2D eigenvalue weighted by molar-refractivity contribution is 6.20. The van der Waals surface area contributed by atoms with E-state index in [1.54, 1.807) is 31.3 Å². The molecule has 1 unspecified atom stereocenters. The number of aryl methyl sites for hydroxylation is 1. The molecule has 166 valence electrons. The standard InChI is InChI=1S/C26H24N4O3/c1-30-21-10-6-5-9-20(21)23(18-12-14-19(15-13-18)24(27)32)29-25(26(30)33)28-22(31)16-11-17-7-3-2-4-8-17/h2-10,12-15,25H,11,16H2,1H3,(H2,27,32)(H,28,31). The van der Waals surface area contributed by atoms with Crippen molar-refractivity contribution < 1.29 is 14.4 Å². The van der Waals surface area contributed by atoms with Crippen LogP contribution in [0.5, 0.6) is 0 Å². The van der Waals surface area contributed by atoms with Crippen molar-refractivity contribution >= 4 is 29.1 Å². The number of carbonyl (C=O) groups is 3. The second-order valence-corrected chi connectivity index (χ2v) is 7.79. The normalized spacial score (nSPS) is 15.3. The van der Waals surface area contributed by atoms with Crippen molar-refractivity contribution in [3.63, 3.8) is 0 Å². The van der Waals surface area contributed by atoms with E-state index in [1.165, 1.54) is 4.90 Å². The van der Waals surface area contributed by atoms with E-state index in [4.69, 9.17) is 5.73 Å². The highest BCUT2D eigenvalue weighted by atomic mass is 16.2. The summed E-state index contributed by atoms with van der Waals surface area (Å²) >= 11 is 0. The van der Waals surface area contributed by atoms with Crippen LogP contribution in [0, 0.1) is 0 Å². The molecule has 0 radical (unpaired) electrons. The van der Waals surface area contributed by atoms with Gasteiger partial charge in [-0.15, -0.1) is 0 Å². The Balaban J connectivity index is 1.65. The third kappa shape index (κ3) is 4.82. The van der Waals surface area contributed by atoms with Gasteiger partial charge in [0.25, 0.3) is 5.91 Å². The average Bonchev–Trinajstić information content (AvgIpc) is 2.94. The number of benzodiazepines with no additional fused rings is 1. The lowest BCUT2D eigenvalue weighted by Gasteiger charge is -2.20. The summed E-state index contributed by atoms with van der Waals surface area (Å²) in [6.07, 6.45) is -0.270. The molecule has 3 N–H and O–H groups in total. The van der Waals surface area contributed by atoms with Gasteiger partial charge in [0.1, 0.15) is 0 Å². The largest absolute Gasteiger partial charge is 0.366 e. The first-order chi connectivity index (χ1) is 15.9. The number of nitrogens with one attached hydrogen (secondary N) is 1. The van der Waals surface area contributed by atoms with Gasteiger partial charge in [0.2, 0.25) is 18.0 Å². The highest BCUT2D eigenvalue weighted by Crippen LogP contribution is 2.27. The zero-order valence-electron chi connectivity index (χ0n) is 18.2. The van der Waals surface area contributed by atoms with E-state index in [-0.39, 0.29) is 18.2 Å². The number of hydrogen-bond donors (Lipinski definition) is 2. The Kier molecular flexibility index (Phi) is 6.31. The van der Waals surface area contributed by atoms with Gasteiger partial charge in [-0.05, 0) is 30.2 Å². The molecule has 0 bridgehead atoms. The number of amides is 3. The van der Waals surface area contributed by atoms with Crippen LogP contribution in [0.2, 0.25) is 0 Å². The number of primary amides is 1. The number of anilines is 1. The van der Waals surface area contributed by atoms with Crippen molar-refractivity contribution in [3.05, 3.63) is 101 Å². The predicted octanol–water partition coefficient (Wildman–Crippen LogP) is 2.67. The first-order valence-corrected chi connectivity index (χ1v) is 10.6. The van der Waals surface area contributed by atoms with E-state index in [1.807, 2.05) is 54.6 Å². The minimum atomic E-state index is -1.07. The van der Waals surface area contributed by atoms with Gasteiger partial charge in [0.15, 0.2) is 0 Å². The fourth-order valence-electron chi connectivity index (χ4n) is 3.77. The van der Waals surface area contributed by atoms with Crippen LogP contribution in [0.4, 0.5) is 5.69 Å². The monoisotopic (exact) mass is 440 g/mol. The number of benzene rings is 3. The number of aliphatic imine (C=N–C) groups is 1. The molecule has 7 heteroatoms. The second-order valence-electron chi connectivity index (χ2n) is 7.79. The first-order valence-electron chi connectivity index (χ1n) is 10.6. The maximum absolute atomic E-state index is 13.2. The van der Waals surface area contributed by atoms with Crippen LogP contribution >= 0.6 is 0 Å². The van der Waals surface area contributed by atoms with Gasteiger partial charge < -0.3 is 16.0 Å². The van der Waals surface area contributed by atoms with Gasteiger partial charge in [0, 0.05) is 30.2 Å². The van der Waals surface area contributed by atoms with Crippen molar-refractivity contribution in [2.45, 2.75) is 19.0 Å². The zero-order valence-corrected chi connectivity index (χ0v) is 18.2. The maximum Gasteiger partial charge on any atom is 0.272 e. The van der Waals surface area contributed by atoms with E-state index in [2.05, 4.69) is 10.3 Å². The molecular weight excluding hydrogens is 416 g/mol. The minimum absolute atomic E-state index is 0.239. The molecule has 7 nitrogen and oxygen atoms in total. The van der Waals surface area contributed by atoms with E-state index in [0.29, 0.717) is 28.9 Å². The molecule has 4 rings (SSSR count). The molecule has 0 aromatic heterocycles. The molecule has 1 aliphatic rings. The Hall–Kier alpha value is -4.26. The van der Waals surface area contributed by atoms with E-state index in [9.17, 15) is 14.4 Å². The van der Waals surface area contributed by atoms with Crippen molar-refractivity contribution in [2.75, 3.05) is 11.9 Å². The number of fused-ring (bicyclic) bond motifs is 1. The third-order valence-corrected chi connectivity index (χ3v) is 5.57. The summed E-state index contributed by atoms with van der Waals surface area (Å²) in [5.74, 6) is -1.12. The Bertz CT molecular complexity index is 1220. The summed E-state index contributed by atoms with van der Waals surface area (Å²) in [6.45, 7) is 0. The summed E-state index contributed by atoms with van der Waals surface area (Å²) in [5, 5.41) is 2.78. The molecule has 1 aliphatic heterocycles. The molecule has 33 heavy (non-hydrogen) atoms. The summed E-state index contributed by atoms with van der Waals surface area (Å²) in [4.78, 5) is 43.5. The lowest BCUT2D eigenvalue weighted by Crippen LogP contribution is -2.46. The molecule has 0 aliphatic carbocycles. The number of para-hydroxylation sites is 1. The van der Waals surface area contributed by atoms with Crippen molar-refractivity contribution in [1.29, 1.82) is 0 Å². The summed E-state index contributed by atoms with van der Waals surface area (Å²) in [6, 6.07) is 23.8. The topological polar surface area (TPSA) is 105 Å². The minimum Gasteiger partial charge on any atom is -0.366 e. The van der Waals surface area contributed by atoms with Gasteiger partial charge in [-0.25, -0.2) is 4.99 Å². The molecule has 3 aromatic carbocycles. The van der Waals surface area contributed by atoms with E-state index in [0.717, 1.165) is 11.1 Å². The molecule has 0 saturated carbocycles. The maximum atomic E-state index is 13.2. The Morgan fingerprint density at radius 2 is 1.64 bits per heavy atom. The Morgan fingerprint density at radius 3 is 2.33 bits per heavy atom. The molecule has 0 saturated heterocycles. The quantitative estimate of drug-likeness (QED) is 0.616. The number of carbonyl (C=O) groups excluding carboxylic acids is 3. The van der Waals surface area contributed by atoms with Crippen molar-refractivity contribution in [3.8, 4) is 0 Å². The predicted molar refractivity (Wildman–Crippen MR) is 127 cm³/mol.